The lowest BCUT2D eigenvalue weighted by Crippen LogP contribution is -2.52. The number of aliphatic hydroxyl groups is 3. The zero-order chi connectivity index (χ0) is 23.3. The van der Waals surface area contributed by atoms with Gasteiger partial charge in [-0.05, 0) is 94.1 Å². The van der Waals surface area contributed by atoms with Gasteiger partial charge in [-0.1, -0.05) is 44.1 Å². The summed E-state index contributed by atoms with van der Waals surface area (Å²) in [5, 5.41) is 31.9. The van der Waals surface area contributed by atoms with Crippen LogP contribution >= 0.6 is 11.8 Å². The minimum Gasteiger partial charge on any atom is -0.393 e. The lowest BCUT2D eigenvalue weighted by molar-refractivity contribution is -0.0526. The predicted octanol–water partition coefficient (Wildman–Crippen LogP) is 5.88. The van der Waals surface area contributed by atoms with E-state index in [1.54, 1.807) is 5.57 Å². The fourth-order valence-corrected chi connectivity index (χ4v) is 9.33. The number of hydrogen-bond donors (Lipinski definition) is 3. The van der Waals surface area contributed by atoms with Gasteiger partial charge in [0.15, 0.2) is 0 Å². The fraction of sp³-hybridized carbons (Fsp3) is 0.857. The van der Waals surface area contributed by atoms with Gasteiger partial charge in [-0.15, -0.1) is 0 Å². The van der Waals surface area contributed by atoms with Gasteiger partial charge in [0.25, 0.3) is 0 Å². The van der Waals surface area contributed by atoms with Crippen LogP contribution in [0.2, 0.25) is 0 Å². The van der Waals surface area contributed by atoms with Crippen LogP contribution in [-0.4, -0.2) is 44.1 Å². The quantitative estimate of drug-likeness (QED) is 0.414. The Morgan fingerprint density at radius 3 is 2.56 bits per heavy atom. The minimum absolute atomic E-state index is 0.191. The number of fused-ring (bicyclic) bond motifs is 5. The number of unbranched alkanes of at least 4 members (excludes halogenated alkanes) is 1. The molecule has 32 heavy (non-hydrogen) atoms. The summed E-state index contributed by atoms with van der Waals surface area (Å²) in [5.74, 6) is 3.02. The number of hydrogen-bond acceptors (Lipinski definition) is 4. The molecule has 3 unspecified atom stereocenters. The number of aliphatic hydroxyl groups excluding tert-OH is 2. The molecule has 0 aromatic rings. The van der Waals surface area contributed by atoms with Crippen molar-refractivity contribution >= 4 is 11.8 Å². The van der Waals surface area contributed by atoms with E-state index >= 15 is 0 Å². The van der Waals surface area contributed by atoms with Crippen molar-refractivity contribution < 1.29 is 15.3 Å². The van der Waals surface area contributed by atoms with Crippen molar-refractivity contribution in [3.05, 3.63) is 23.3 Å². The summed E-state index contributed by atoms with van der Waals surface area (Å²) in [4.78, 5) is 0. The lowest BCUT2D eigenvalue weighted by Gasteiger charge is -2.56. The zero-order valence-electron chi connectivity index (χ0n) is 20.9. The van der Waals surface area contributed by atoms with Crippen molar-refractivity contribution in [2.75, 3.05) is 5.75 Å². The van der Waals surface area contributed by atoms with Gasteiger partial charge in [0.1, 0.15) is 0 Å². The summed E-state index contributed by atoms with van der Waals surface area (Å²) in [6, 6.07) is 0. The molecule has 4 aliphatic rings. The highest BCUT2D eigenvalue weighted by Crippen LogP contribution is 2.66. The first kappa shape index (κ1) is 24.8. The second kappa shape index (κ2) is 9.06. The van der Waals surface area contributed by atoms with E-state index in [9.17, 15) is 15.3 Å². The summed E-state index contributed by atoms with van der Waals surface area (Å²) < 4.78 is 0. The largest absolute Gasteiger partial charge is 0.393 e. The average molecular weight is 463 g/mol. The molecule has 4 rings (SSSR count). The Balaban J connectivity index is 1.43. The van der Waals surface area contributed by atoms with Crippen LogP contribution in [0.5, 0.6) is 0 Å². The Kier molecular flexibility index (Phi) is 7.03. The Bertz CT molecular complexity index is 752. The molecule has 0 heterocycles. The van der Waals surface area contributed by atoms with Crippen molar-refractivity contribution in [2.45, 2.75) is 115 Å². The maximum Gasteiger partial charge on any atom is 0.0661 e. The Morgan fingerprint density at radius 2 is 1.84 bits per heavy atom. The second-order valence-electron chi connectivity index (χ2n) is 12.4. The number of allylic oxidation sites excluding steroid dienone is 3. The molecule has 3 nitrogen and oxygen atoms in total. The lowest BCUT2D eigenvalue weighted by atomic mass is 9.49. The summed E-state index contributed by atoms with van der Waals surface area (Å²) in [6.07, 6.45) is 13.3. The third-order valence-electron chi connectivity index (χ3n) is 9.85. The monoisotopic (exact) mass is 462 g/mol. The molecule has 3 fully saturated rings. The van der Waals surface area contributed by atoms with Crippen LogP contribution < -0.4 is 0 Å². The van der Waals surface area contributed by atoms with Crippen molar-refractivity contribution in [2.24, 2.45) is 28.6 Å². The van der Waals surface area contributed by atoms with Gasteiger partial charge in [0.05, 0.1) is 17.8 Å². The smallest absolute Gasteiger partial charge is 0.0661 e. The Morgan fingerprint density at radius 1 is 1.09 bits per heavy atom. The maximum absolute atomic E-state index is 11.1. The summed E-state index contributed by atoms with van der Waals surface area (Å²) in [5.41, 5.74) is 2.51. The van der Waals surface area contributed by atoms with E-state index < -0.39 is 17.8 Å². The van der Waals surface area contributed by atoms with Gasteiger partial charge >= 0.3 is 0 Å². The molecule has 4 aliphatic carbocycles. The molecule has 4 heteroatoms. The highest BCUT2D eigenvalue weighted by molar-refractivity contribution is 7.99. The van der Waals surface area contributed by atoms with Crippen LogP contribution in [0.3, 0.4) is 0 Å². The highest BCUT2D eigenvalue weighted by Gasteiger charge is 2.58. The van der Waals surface area contributed by atoms with Gasteiger partial charge < -0.3 is 15.3 Å². The standard InChI is InChI=1S/C28H46O3S/c1-18(32-15-7-6-13-26(2,3)31)22-10-11-23-21-9-8-19-16-20(29)17-25(30)28(19,5)24(21)12-14-27(22,23)4/h8-9,18,20,22-25,29-31H,6-7,10-17H2,1-5H3/t18?,20?,22-,23+,24+,25?,27-,28+/m1/s1. The number of rotatable bonds is 7. The molecule has 0 amide bonds. The molecule has 8 atom stereocenters. The SMILES string of the molecule is CC(SCCCCC(C)(C)O)[C@H]1CC[C@H]2C3=CC=C4CC(O)CC(O)[C@]4(C)[C@H]3CC[C@]12C. The first-order valence-corrected chi connectivity index (χ1v) is 14.1. The first-order valence-electron chi connectivity index (χ1n) is 13.1. The topological polar surface area (TPSA) is 60.7 Å². The number of thioether (sulfide) groups is 1. The van der Waals surface area contributed by atoms with E-state index in [2.05, 4.69) is 44.7 Å². The van der Waals surface area contributed by atoms with E-state index in [-0.39, 0.29) is 5.41 Å². The van der Waals surface area contributed by atoms with Crippen LogP contribution in [0.15, 0.2) is 23.3 Å². The molecular formula is C28H46O3S. The average Bonchev–Trinajstić information content (AvgIpc) is 3.05. The summed E-state index contributed by atoms with van der Waals surface area (Å²) in [7, 11) is 0. The Labute approximate surface area is 200 Å². The Hall–Kier alpha value is -0.290. The van der Waals surface area contributed by atoms with Crippen molar-refractivity contribution in [3.8, 4) is 0 Å². The molecule has 0 aliphatic heterocycles. The van der Waals surface area contributed by atoms with E-state index in [0.29, 0.717) is 28.9 Å². The highest BCUT2D eigenvalue weighted by atomic mass is 32.2. The van der Waals surface area contributed by atoms with Crippen LogP contribution in [0.25, 0.3) is 0 Å². The van der Waals surface area contributed by atoms with Crippen molar-refractivity contribution in [3.63, 3.8) is 0 Å². The fourth-order valence-electron chi connectivity index (χ4n) is 7.90. The summed E-state index contributed by atoms with van der Waals surface area (Å²) in [6.45, 7) is 11.1. The molecular weight excluding hydrogens is 416 g/mol. The third kappa shape index (κ3) is 4.39. The van der Waals surface area contributed by atoms with Crippen molar-refractivity contribution in [1.82, 2.24) is 0 Å². The molecule has 182 valence electrons. The predicted molar refractivity (Wildman–Crippen MR) is 135 cm³/mol. The third-order valence-corrected chi connectivity index (χ3v) is 11.2. The molecule has 3 saturated carbocycles. The van der Waals surface area contributed by atoms with Gasteiger partial charge in [-0.2, -0.15) is 11.8 Å². The van der Waals surface area contributed by atoms with Crippen LogP contribution in [0, 0.1) is 28.6 Å². The first-order chi connectivity index (χ1) is 15.0. The maximum atomic E-state index is 11.1. The molecule has 0 aromatic carbocycles. The normalized spacial score (nSPS) is 42.4. The molecule has 0 saturated heterocycles. The molecule has 0 spiro atoms. The van der Waals surface area contributed by atoms with Crippen LogP contribution in [0.1, 0.15) is 92.4 Å². The van der Waals surface area contributed by atoms with E-state index in [1.165, 1.54) is 43.4 Å². The zero-order valence-corrected chi connectivity index (χ0v) is 21.8. The van der Waals surface area contributed by atoms with Gasteiger partial charge in [0.2, 0.25) is 0 Å². The molecule has 0 bridgehead atoms. The van der Waals surface area contributed by atoms with E-state index in [1.807, 2.05) is 13.8 Å². The molecule has 0 aromatic heterocycles. The minimum atomic E-state index is -0.538. The van der Waals surface area contributed by atoms with E-state index in [4.69, 9.17) is 0 Å². The molecule has 0 radical (unpaired) electrons. The van der Waals surface area contributed by atoms with Crippen molar-refractivity contribution in [1.29, 1.82) is 0 Å². The van der Waals surface area contributed by atoms with Gasteiger partial charge in [-0.25, -0.2) is 0 Å². The molecule has 3 N–H and O–H groups in total. The summed E-state index contributed by atoms with van der Waals surface area (Å²) >= 11 is 2.15. The van der Waals surface area contributed by atoms with E-state index in [0.717, 1.165) is 25.2 Å². The van der Waals surface area contributed by atoms with Gasteiger partial charge in [0, 0.05) is 17.1 Å². The van der Waals surface area contributed by atoms with Gasteiger partial charge in [-0.3, -0.25) is 0 Å². The van der Waals surface area contributed by atoms with Crippen LogP contribution in [-0.2, 0) is 0 Å². The second-order valence-corrected chi connectivity index (χ2v) is 13.9. The van der Waals surface area contributed by atoms with Crippen LogP contribution in [0.4, 0.5) is 0 Å².